The van der Waals surface area contributed by atoms with Gasteiger partial charge in [-0.05, 0) is 125 Å². The lowest BCUT2D eigenvalue weighted by atomic mass is 9.84. The van der Waals surface area contributed by atoms with Crippen LogP contribution in [-0.2, 0) is 0 Å². The summed E-state index contributed by atoms with van der Waals surface area (Å²) in [7, 11) is 0. The van der Waals surface area contributed by atoms with Crippen molar-refractivity contribution in [3.05, 3.63) is 273 Å². The van der Waals surface area contributed by atoms with Crippen LogP contribution < -0.4 is 4.90 Å². The van der Waals surface area contributed by atoms with Crippen molar-refractivity contribution in [2.24, 2.45) is 0 Å². The average molecular weight is 828 g/mol. The van der Waals surface area contributed by atoms with E-state index in [1.807, 2.05) is 0 Å². The second-order valence-electron chi connectivity index (χ2n) is 16.5. The van der Waals surface area contributed by atoms with Gasteiger partial charge in [-0.2, -0.15) is 0 Å². The van der Waals surface area contributed by atoms with E-state index in [1.54, 1.807) is 0 Å². The van der Waals surface area contributed by atoms with Crippen LogP contribution in [0.4, 0.5) is 17.1 Å². The van der Waals surface area contributed by atoms with Crippen LogP contribution >= 0.6 is 0 Å². The minimum absolute atomic E-state index is 1.07. The summed E-state index contributed by atoms with van der Waals surface area (Å²) in [6.07, 6.45) is 0. The molecule has 306 valence electrons. The number of anilines is 3. The highest BCUT2D eigenvalue weighted by atomic mass is 15.1. The summed E-state index contributed by atoms with van der Waals surface area (Å²) in [5, 5.41) is 2.47. The van der Waals surface area contributed by atoms with Crippen LogP contribution in [0.1, 0.15) is 0 Å². The molecule has 0 bridgehead atoms. The van der Waals surface area contributed by atoms with Gasteiger partial charge in [0.05, 0.1) is 0 Å². The molecule has 65 heavy (non-hydrogen) atoms. The second kappa shape index (κ2) is 17.7. The molecular weight excluding hydrogens is 783 g/mol. The molecule has 0 aliphatic rings. The average Bonchev–Trinajstić information content (AvgIpc) is 3.39. The third-order valence-corrected chi connectivity index (χ3v) is 12.5. The van der Waals surface area contributed by atoms with E-state index in [0.717, 1.165) is 22.6 Å². The summed E-state index contributed by atoms with van der Waals surface area (Å²) in [6.45, 7) is 0. The number of hydrogen-bond acceptors (Lipinski definition) is 1. The first kappa shape index (κ1) is 39.3. The Balaban J connectivity index is 1.06. The standard InChI is InChI=1S/C64H45N/c1-4-18-46(19-5-1)47-36-38-48(39-37-47)49-40-42-55(43-41-49)65(56-28-14-26-53(44-56)60-33-16-25-51-24-10-11-30-58(51)60)57-29-15-27-54(45-57)62-35-17-34-61(52-22-8-3-9-23-52)64(62)63-32-13-12-31-59(63)50-20-6-2-7-21-50/h1-45H. The Bertz CT molecular complexity index is 3390. The molecule has 11 rings (SSSR count). The van der Waals surface area contributed by atoms with Gasteiger partial charge in [-0.1, -0.05) is 237 Å². The first-order chi connectivity index (χ1) is 32.2. The van der Waals surface area contributed by atoms with Crippen LogP contribution in [0.3, 0.4) is 0 Å². The van der Waals surface area contributed by atoms with Crippen LogP contribution in [0, 0.1) is 0 Å². The van der Waals surface area contributed by atoms with Crippen molar-refractivity contribution in [3.8, 4) is 77.9 Å². The Morgan fingerprint density at radius 1 is 0.200 bits per heavy atom. The summed E-state index contributed by atoms with van der Waals surface area (Å²) in [6, 6.07) is 98.9. The van der Waals surface area contributed by atoms with Crippen LogP contribution in [0.5, 0.6) is 0 Å². The fourth-order valence-corrected chi connectivity index (χ4v) is 9.35. The number of fused-ring (bicyclic) bond motifs is 1. The van der Waals surface area contributed by atoms with Gasteiger partial charge < -0.3 is 4.90 Å². The maximum Gasteiger partial charge on any atom is 0.0467 e. The van der Waals surface area contributed by atoms with Crippen LogP contribution in [0.25, 0.3) is 88.7 Å². The maximum absolute atomic E-state index is 2.40. The molecule has 0 saturated heterocycles. The van der Waals surface area contributed by atoms with E-state index in [0.29, 0.717) is 0 Å². The largest absolute Gasteiger partial charge is 0.310 e. The van der Waals surface area contributed by atoms with Crippen LogP contribution in [0.15, 0.2) is 273 Å². The van der Waals surface area contributed by atoms with Gasteiger partial charge in [0.15, 0.2) is 0 Å². The topological polar surface area (TPSA) is 3.24 Å². The van der Waals surface area contributed by atoms with E-state index in [-0.39, 0.29) is 0 Å². The molecule has 0 unspecified atom stereocenters. The Morgan fingerprint density at radius 2 is 0.569 bits per heavy atom. The number of benzene rings is 11. The normalized spacial score (nSPS) is 11.1. The van der Waals surface area contributed by atoms with E-state index in [9.17, 15) is 0 Å². The summed E-state index contributed by atoms with van der Waals surface area (Å²) in [5.41, 5.74) is 19.9. The lowest BCUT2D eigenvalue weighted by molar-refractivity contribution is 1.28. The summed E-state index contributed by atoms with van der Waals surface area (Å²) in [5.74, 6) is 0. The van der Waals surface area contributed by atoms with Crippen molar-refractivity contribution in [2.45, 2.75) is 0 Å². The predicted octanol–water partition coefficient (Wildman–Crippen LogP) is 18.0. The Morgan fingerprint density at radius 3 is 1.18 bits per heavy atom. The molecule has 0 amide bonds. The number of rotatable bonds is 10. The molecular formula is C64H45N. The van der Waals surface area contributed by atoms with E-state index >= 15 is 0 Å². The molecule has 11 aromatic rings. The van der Waals surface area contributed by atoms with E-state index in [2.05, 4.69) is 278 Å². The first-order valence-electron chi connectivity index (χ1n) is 22.3. The molecule has 1 nitrogen and oxygen atoms in total. The number of hydrogen-bond donors (Lipinski definition) is 0. The monoisotopic (exact) mass is 827 g/mol. The van der Waals surface area contributed by atoms with E-state index in [4.69, 9.17) is 0 Å². The lowest BCUT2D eigenvalue weighted by Crippen LogP contribution is -2.10. The van der Waals surface area contributed by atoms with Crippen molar-refractivity contribution < 1.29 is 0 Å². The van der Waals surface area contributed by atoms with Crippen molar-refractivity contribution >= 4 is 27.8 Å². The van der Waals surface area contributed by atoms with Crippen molar-refractivity contribution in [1.82, 2.24) is 0 Å². The predicted molar refractivity (Wildman–Crippen MR) is 277 cm³/mol. The fourth-order valence-electron chi connectivity index (χ4n) is 9.35. The minimum atomic E-state index is 1.07. The maximum atomic E-state index is 2.40. The first-order valence-corrected chi connectivity index (χ1v) is 22.3. The molecule has 0 saturated carbocycles. The highest BCUT2D eigenvalue weighted by Gasteiger charge is 2.20. The van der Waals surface area contributed by atoms with Gasteiger partial charge >= 0.3 is 0 Å². The molecule has 1 heteroatoms. The molecule has 0 radical (unpaired) electrons. The Hall–Kier alpha value is -8.52. The smallest absolute Gasteiger partial charge is 0.0467 e. The Labute approximate surface area is 381 Å². The molecule has 0 atom stereocenters. The van der Waals surface area contributed by atoms with Gasteiger partial charge in [0, 0.05) is 17.1 Å². The van der Waals surface area contributed by atoms with Gasteiger partial charge in [-0.25, -0.2) is 0 Å². The van der Waals surface area contributed by atoms with Crippen LogP contribution in [0.2, 0.25) is 0 Å². The Kier molecular flexibility index (Phi) is 10.7. The van der Waals surface area contributed by atoms with E-state index in [1.165, 1.54) is 83.1 Å². The summed E-state index contributed by atoms with van der Waals surface area (Å²) >= 11 is 0. The lowest BCUT2D eigenvalue weighted by Gasteiger charge is -2.27. The minimum Gasteiger partial charge on any atom is -0.310 e. The van der Waals surface area contributed by atoms with Crippen molar-refractivity contribution in [2.75, 3.05) is 4.90 Å². The molecule has 0 fully saturated rings. The number of nitrogens with zero attached hydrogens (tertiary/aromatic N) is 1. The second-order valence-corrected chi connectivity index (χ2v) is 16.5. The van der Waals surface area contributed by atoms with Crippen molar-refractivity contribution in [3.63, 3.8) is 0 Å². The quantitative estimate of drug-likeness (QED) is 0.133. The molecule has 0 N–H and O–H groups in total. The molecule has 11 aromatic carbocycles. The molecule has 0 heterocycles. The fraction of sp³-hybridized carbons (Fsp3) is 0. The van der Waals surface area contributed by atoms with Gasteiger partial charge in [0.2, 0.25) is 0 Å². The van der Waals surface area contributed by atoms with Gasteiger partial charge in [-0.15, -0.1) is 0 Å². The third kappa shape index (κ3) is 7.93. The molecule has 0 aliphatic heterocycles. The van der Waals surface area contributed by atoms with Gasteiger partial charge in [0.25, 0.3) is 0 Å². The highest BCUT2D eigenvalue weighted by Crippen LogP contribution is 2.46. The zero-order valence-electron chi connectivity index (χ0n) is 35.9. The molecule has 0 spiro atoms. The SMILES string of the molecule is c1ccc(-c2ccc(-c3ccc(N(c4cccc(-c5cccc(-c6ccccc6)c5-c5ccccc5-c5ccccc5)c4)c4cccc(-c5cccc6ccccc56)c4)cc3)cc2)cc1. The zero-order chi connectivity index (χ0) is 43.4. The molecule has 0 aliphatic carbocycles. The third-order valence-electron chi connectivity index (χ3n) is 12.5. The van der Waals surface area contributed by atoms with Crippen LogP contribution in [-0.4, -0.2) is 0 Å². The van der Waals surface area contributed by atoms with E-state index < -0.39 is 0 Å². The summed E-state index contributed by atoms with van der Waals surface area (Å²) in [4.78, 5) is 2.40. The van der Waals surface area contributed by atoms with Gasteiger partial charge in [0.1, 0.15) is 0 Å². The highest BCUT2D eigenvalue weighted by molar-refractivity contribution is 6.01. The van der Waals surface area contributed by atoms with Gasteiger partial charge in [-0.3, -0.25) is 0 Å². The zero-order valence-corrected chi connectivity index (χ0v) is 35.9. The summed E-state index contributed by atoms with van der Waals surface area (Å²) < 4.78 is 0. The molecule has 0 aromatic heterocycles. The van der Waals surface area contributed by atoms with Crippen molar-refractivity contribution in [1.29, 1.82) is 0 Å².